The van der Waals surface area contributed by atoms with Crippen LogP contribution in [-0.2, 0) is 11.2 Å². The summed E-state index contributed by atoms with van der Waals surface area (Å²) in [5, 5.41) is 6.38. The van der Waals surface area contributed by atoms with Crippen molar-refractivity contribution in [3.8, 4) is 5.75 Å². The first-order chi connectivity index (χ1) is 12.5. The highest BCUT2D eigenvalue weighted by Gasteiger charge is 2.30. The van der Waals surface area contributed by atoms with Crippen molar-refractivity contribution in [2.75, 3.05) is 33.4 Å². The van der Waals surface area contributed by atoms with E-state index >= 15 is 0 Å². The molecule has 0 bridgehead atoms. The number of hydrogen-bond acceptors (Lipinski definition) is 3. The van der Waals surface area contributed by atoms with E-state index in [2.05, 4.69) is 20.4 Å². The second kappa shape index (κ2) is 12.3. The lowest BCUT2D eigenvalue weighted by atomic mass is 10.1. The molecule has 27 heavy (non-hydrogen) atoms. The molecule has 1 aliphatic rings. The molecular formula is C18H27F3IN3O2. The molecule has 0 aliphatic heterocycles. The number of aliphatic imine (C=N–C) groups is 1. The van der Waals surface area contributed by atoms with E-state index in [0.29, 0.717) is 18.9 Å². The molecule has 1 aliphatic carbocycles. The molecule has 154 valence electrons. The van der Waals surface area contributed by atoms with E-state index < -0.39 is 6.36 Å². The Labute approximate surface area is 175 Å². The molecule has 0 saturated heterocycles. The first kappa shape index (κ1) is 23.8. The van der Waals surface area contributed by atoms with Crippen LogP contribution in [0.15, 0.2) is 29.3 Å². The molecule has 0 spiro atoms. The van der Waals surface area contributed by atoms with Crippen molar-refractivity contribution in [1.29, 1.82) is 0 Å². The number of nitrogens with one attached hydrogen (secondary N) is 2. The van der Waals surface area contributed by atoms with Gasteiger partial charge < -0.3 is 20.1 Å². The Morgan fingerprint density at radius 3 is 2.41 bits per heavy atom. The van der Waals surface area contributed by atoms with Gasteiger partial charge in [0.15, 0.2) is 5.96 Å². The largest absolute Gasteiger partial charge is 0.573 e. The lowest BCUT2D eigenvalue weighted by molar-refractivity contribution is -0.274. The fourth-order valence-corrected chi connectivity index (χ4v) is 2.32. The third-order valence-corrected chi connectivity index (χ3v) is 3.90. The van der Waals surface area contributed by atoms with Gasteiger partial charge in [-0.15, -0.1) is 37.1 Å². The zero-order valence-corrected chi connectivity index (χ0v) is 17.7. The van der Waals surface area contributed by atoms with E-state index in [1.165, 1.54) is 25.0 Å². The molecule has 2 N–H and O–H groups in total. The summed E-state index contributed by atoms with van der Waals surface area (Å²) in [7, 11) is 1.70. The van der Waals surface area contributed by atoms with E-state index in [0.717, 1.165) is 37.7 Å². The summed E-state index contributed by atoms with van der Waals surface area (Å²) in [6.07, 6.45) is -0.491. The van der Waals surface area contributed by atoms with E-state index in [4.69, 9.17) is 4.74 Å². The first-order valence-electron chi connectivity index (χ1n) is 8.83. The van der Waals surface area contributed by atoms with Crippen molar-refractivity contribution in [2.45, 2.75) is 32.0 Å². The van der Waals surface area contributed by atoms with Crippen LogP contribution in [0.4, 0.5) is 13.2 Å². The minimum absolute atomic E-state index is 0. The number of ether oxygens (including phenoxy) is 2. The Bertz CT molecular complexity index is 564. The van der Waals surface area contributed by atoms with Crippen LogP contribution in [0.1, 0.15) is 24.8 Å². The Kier molecular flexibility index (Phi) is 10.8. The normalized spacial score (nSPS) is 14.4. The molecule has 0 radical (unpaired) electrons. The third-order valence-electron chi connectivity index (χ3n) is 3.90. The average molecular weight is 501 g/mol. The van der Waals surface area contributed by atoms with Gasteiger partial charge in [0.2, 0.25) is 0 Å². The van der Waals surface area contributed by atoms with E-state index in [-0.39, 0.29) is 29.7 Å². The van der Waals surface area contributed by atoms with Crippen molar-refractivity contribution < 1.29 is 22.6 Å². The molecule has 5 nitrogen and oxygen atoms in total. The summed E-state index contributed by atoms with van der Waals surface area (Å²) >= 11 is 0. The van der Waals surface area contributed by atoms with E-state index in [1.807, 2.05) is 0 Å². The van der Waals surface area contributed by atoms with E-state index in [9.17, 15) is 13.2 Å². The minimum atomic E-state index is -4.66. The maximum absolute atomic E-state index is 12.1. The zero-order chi connectivity index (χ0) is 18.8. The summed E-state index contributed by atoms with van der Waals surface area (Å²) in [5.41, 5.74) is 0.913. The van der Waals surface area contributed by atoms with Gasteiger partial charge in [0.25, 0.3) is 0 Å². The van der Waals surface area contributed by atoms with Gasteiger partial charge in [-0.25, -0.2) is 0 Å². The van der Waals surface area contributed by atoms with Crippen molar-refractivity contribution in [3.05, 3.63) is 29.8 Å². The highest BCUT2D eigenvalue weighted by molar-refractivity contribution is 14.0. The van der Waals surface area contributed by atoms with Crippen LogP contribution in [0, 0.1) is 5.92 Å². The predicted octanol–water partition coefficient (Wildman–Crippen LogP) is 3.73. The molecule has 2 rings (SSSR count). The van der Waals surface area contributed by atoms with Crippen molar-refractivity contribution in [1.82, 2.24) is 10.6 Å². The number of nitrogens with zero attached hydrogens (tertiary/aromatic N) is 1. The fraction of sp³-hybridized carbons (Fsp3) is 0.611. The molecule has 0 unspecified atom stereocenters. The molecule has 0 aromatic heterocycles. The molecule has 0 atom stereocenters. The Morgan fingerprint density at radius 2 is 1.81 bits per heavy atom. The van der Waals surface area contributed by atoms with Crippen molar-refractivity contribution in [2.24, 2.45) is 10.9 Å². The van der Waals surface area contributed by atoms with Gasteiger partial charge in [-0.05, 0) is 49.3 Å². The van der Waals surface area contributed by atoms with E-state index in [1.54, 1.807) is 19.2 Å². The van der Waals surface area contributed by atoms with Gasteiger partial charge in [0.1, 0.15) is 5.75 Å². The maximum atomic E-state index is 12.1. The highest BCUT2D eigenvalue weighted by atomic mass is 127. The minimum Gasteiger partial charge on any atom is -0.406 e. The number of guanidine groups is 1. The number of hydrogen-bond donors (Lipinski definition) is 2. The van der Waals surface area contributed by atoms with Gasteiger partial charge in [-0.3, -0.25) is 4.99 Å². The second-order valence-corrected chi connectivity index (χ2v) is 6.24. The SMILES string of the molecule is CN=C(NCCCOCC1CC1)NCCc1ccc(OC(F)(F)F)cc1.I. The maximum Gasteiger partial charge on any atom is 0.573 e. The summed E-state index contributed by atoms with van der Waals surface area (Å²) in [5.74, 6) is 1.27. The van der Waals surface area contributed by atoms with Crippen molar-refractivity contribution in [3.63, 3.8) is 0 Å². The number of halogens is 4. The molecular weight excluding hydrogens is 474 g/mol. The molecule has 1 fully saturated rings. The summed E-state index contributed by atoms with van der Waals surface area (Å²) in [6, 6.07) is 5.88. The monoisotopic (exact) mass is 501 g/mol. The van der Waals surface area contributed by atoms with Crippen LogP contribution in [-0.4, -0.2) is 45.7 Å². The molecule has 0 amide bonds. The molecule has 1 saturated carbocycles. The van der Waals surface area contributed by atoms with Gasteiger partial charge in [-0.1, -0.05) is 12.1 Å². The van der Waals surface area contributed by atoms with Crippen LogP contribution < -0.4 is 15.4 Å². The average Bonchev–Trinajstić information content (AvgIpc) is 3.40. The summed E-state index contributed by atoms with van der Waals surface area (Å²) in [4.78, 5) is 4.14. The van der Waals surface area contributed by atoms with Crippen LogP contribution >= 0.6 is 24.0 Å². The van der Waals surface area contributed by atoms with Crippen LogP contribution in [0.2, 0.25) is 0 Å². The lowest BCUT2D eigenvalue weighted by Gasteiger charge is -2.12. The van der Waals surface area contributed by atoms with Crippen LogP contribution in [0.3, 0.4) is 0 Å². The van der Waals surface area contributed by atoms with Gasteiger partial charge in [-0.2, -0.15) is 0 Å². The number of rotatable bonds is 10. The van der Waals surface area contributed by atoms with Crippen LogP contribution in [0.25, 0.3) is 0 Å². The number of benzene rings is 1. The predicted molar refractivity (Wildman–Crippen MR) is 110 cm³/mol. The number of alkyl halides is 3. The first-order valence-corrected chi connectivity index (χ1v) is 8.83. The Morgan fingerprint density at radius 1 is 1.15 bits per heavy atom. The molecule has 1 aromatic rings. The van der Waals surface area contributed by atoms with Gasteiger partial charge in [0, 0.05) is 33.4 Å². The van der Waals surface area contributed by atoms with Crippen LogP contribution in [0.5, 0.6) is 5.75 Å². The topological polar surface area (TPSA) is 54.9 Å². The lowest BCUT2D eigenvalue weighted by Crippen LogP contribution is -2.39. The summed E-state index contributed by atoms with van der Waals surface area (Å²) in [6.45, 7) is 3.01. The third kappa shape index (κ3) is 11.3. The van der Waals surface area contributed by atoms with Gasteiger partial charge in [0.05, 0.1) is 0 Å². The molecule has 1 aromatic carbocycles. The van der Waals surface area contributed by atoms with Gasteiger partial charge >= 0.3 is 6.36 Å². The zero-order valence-electron chi connectivity index (χ0n) is 15.3. The Balaban J connectivity index is 0.00000364. The standard InChI is InChI=1S/C18H26F3N3O2.HI/c1-22-17(23-10-2-12-25-13-15-3-4-15)24-11-9-14-5-7-16(8-6-14)26-18(19,20)21;/h5-8,15H,2-4,9-13H2,1H3,(H2,22,23,24);1H. The summed E-state index contributed by atoms with van der Waals surface area (Å²) < 4.78 is 45.8. The fourth-order valence-electron chi connectivity index (χ4n) is 2.32. The smallest absolute Gasteiger partial charge is 0.406 e. The highest BCUT2D eigenvalue weighted by Crippen LogP contribution is 2.28. The second-order valence-electron chi connectivity index (χ2n) is 6.24. The molecule has 0 heterocycles. The van der Waals surface area contributed by atoms with Crippen molar-refractivity contribution >= 4 is 29.9 Å². The molecule has 9 heteroatoms. The quantitative estimate of drug-likeness (QED) is 0.222. The Hall–Kier alpha value is -1.23.